The Hall–Kier alpha value is -5.35. The molecule has 0 unspecified atom stereocenters. The van der Waals surface area contributed by atoms with Crippen LogP contribution in [0.25, 0.3) is 11.3 Å². The summed E-state index contributed by atoms with van der Waals surface area (Å²) in [5.74, 6) is -6.30. The Labute approximate surface area is 294 Å². The predicted octanol–water partition coefficient (Wildman–Crippen LogP) is 4.66. The second kappa shape index (κ2) is 17.4. The summed E-state index contributed by atoms with van der Waals surface area (Å²) in [4.78, 5) is 49.2. The monoisotopic (exact) mass is 776 g/mol. The van der Waals surface area contributed by atoms with Crippen LogP contribution in [0.3, 0.4) is 0 Å². The van der Waals surface area contributed by atoms with Gasteiger partial charge in [-0.1, -0.05) is 6.92 Å². The molecule has 5 rings (SSSR count). The minimum atomic E-state index is -5.08. The number of carbonyl (C=O) groups is 4. The van der Waals surface area contributed by atoms with Gasteiger partial charge in [-0.05, 0) is 43.7 Å². The number of piperidine rings is 1. The third kappa shape index (κ3) is 11.6. The number of benzene rings is 1. The van der Waals surface area contributed by atoms with Gasteiger partial charge in [0.05, 0.1) is 30.7 Å². The molecule has 1 aromatic carbocycles. The molecule has 1 saturated heterocycles. The van der Waals surface area contributed by atoms with Crippen molar-refractivity contribution < 1.29 is 78.7 Å². The fraction of sp³-hybridized carbons (Fsp3) is 0.467. The molecule has 0 bridgehead atoms. The highest BCUT2D eigenvalue weighted by Crippen LogP contribution is 2.42. The SMILES string of the molecule is CCN1CCn2c(-c3cnn(C)c3)cnc2C12CCN(C(=O)c1ccc(OC)cc1)CC2.O=C(O)C(F)(F)F.O=C(O)C(F)(F)F.O=C(O)C(F)(F)F. The zero-order chi connectivity index (χ0) is 40.5. The maximum Gasteiger partial charge on any atom is 0.490 e. The number of aryl methyl sites for hydroxylation is 1. The summed E-state index contributed by atoms with van der Waals surface area (Å²) in [6, 6.07) is 7.37. The molecule has 2 aromatic heterocycles. The smallest absolute Gasteiger partial charge is 0.490 e. The van der Waals surface area contributed by atoms with Gasteiger partial charge in [-0.2, -0.15) is 44.6 Å². The molecule has 4 heterocycles. The molecule has 3 N–H and O–H groups in total. The number of aliphatic carboxylic acids is 3. The highest BCUT2D eigenvalue weighted by Gasteiger charge is 2.47. The van der Waals surface area contributed by atoms with Crippen molar-refractivity contribution in [2.24, 2.45) is 7.05 Å². The summed E-state index contributed by atoms with van der Waals surface area (Å²) in [7, 11) is 3.57. The number of likely N-dealkylation sites (N-methyl/N-ethyl adjacent to an activating group) is 1. The molecule has 1 amide bonds. The summed E-state index contributed by atoms with van der Waals surface area (Å²) >= 11 is 0. The number of aromatic nitrogens is 4. The van der Waals surface area contributed by atoms with Crippen LogP contribution < -0.4 is 4.74 Å². The van der Waals surface area contributed by atoms with Crippen LogP contribution in [0.5, 0.6) is 5.75 Å². The van der Waals surface area contributed by atoms with Gasteiger partial charge in [-0.25, -0.2) is 19.4 Å². The molecular formula is C30H33F9N6O8. The van der Waals surface area contributed by atoms with Crippen LogP contribution in [0, 0.1) is 0 Å². The van der Waals surface area contributed by atoms with Crippen molar-refractivity contribution >= 4 is 23.8 Å². The molecule has 0 saturated carbocycles. The minimum Gasteiger partial charge on any atom is -0.497 e. The first-order valence-electron chi connectivity index (χ1n) is 15.0. The second-order valence-electron chi connectivity index (χ2n) is 11.1. The number of carbonyl (C=O) groups excluding carboxylic acids is 1. The van der Waals surface area contributed by atoms with Gasteiger partial charge in [-0.15, -0.1) is 0 Å². The third-order valence-electron chi connectivity index (χ3n) is 7.80. The highest BCUT2D eigenvalue weighted by molar-refractivity contribution is 5.94. The number of amides is 1. The molecule has 14 nitrogen and oxygen atoms in total. The summed E-state index contributed by atoms with van der Waals surface area (Å²) in [6.07, 6.45) is -7.56. The van der Waals surface area contributed by atoms with Crippen LogP contribution in [0.4, 0.5) is 39.5 Å². The summed E-state index contributed by atoms with van der Waals surface area (Å²) in [6.45, 7) is 6.54. The second-order valence-corrected chi connectivity index (χ2v) is 11.1. The number of hydrogen-bond donors (Lipinski definition) is 3. The lowest BCUT2D eigenvalue weighted by molar-refractivity contribution is -0.193. The van der Waals surface area contributed by atoms with Gasteiger partial charge >= 0.3 is 36.4 Å². The summed E-state index contributed by atoms with van der Waals surface area (Å²) < 4.78 is 105. The van der Waals surface area contributed by atoms with Gasteiger partial charge < -0.3 is 29.5 Å². The number of halogens is 9. The van der Waals surface area contributed by atoms with Gasteiger partial charge in [0.15, 0.2) is 0 Å². The van der Waals surface area contributed by atoms with Crippen LogP contribution in [0.2, 0.25) is 0 Å². The molecule has 0 radical (unpaired) electrons. The Morgan fingerprint density at radius 1 is 0.792 bits per heavy atom. The van der Waals surface area contributed by atoms with E-state index in [1.165, 1.54) is 0 Å². The fourth-order valence-electron chi connectivity index (χ4n) is 5.33. The number of nitrogens with zero attached hydrogens (tertiary/aromatic N) is 6. The number of hydrogen-bond acceptors (Lipinski definition) is 8. The highest BCUT2D eigenvalue weighted by atomic mass is 19.4. The topological polar surface area (TPSA) is 180 Å². The average Bonchev–Trinajstić information content (AvgIpc) is 3.71. The van der Waals surface area contributed by atoms with E-state index in [4.69, 9.17) is 39.4 Å². The maximum atomic E-state index is 13.1. The van der Waals surface area contributed by atoms with E-state index in [9.17, 15) is 44.3 Å². The number of fused-ring (bicyclic) bond motifs is 2. The number of imidazole rings is 1. The van der Waals surface area contributed by atoms with E-state index in [2.05, 4.69) is 21.5 Å². The van der Waals surface area contributed by atoms with Crippen molar-refractivity contribution in [3.63, 3.8) is 0 Å². The zero-order valence-corrected chi connectivity index (χ0v) is 28.0. The Kier molecular flexibility index (Phi) is 14.4. The van der Waals surface area contributed by atoms with E-state index in [1.807, 2.05) is 59.5 Å². The van der Waals surface area contributed by atoms with Gasteiger partial charge in [0.1, 0.15) is 11.6 Å². The molecule has 1 spiro atoms. The van der Waals surface area contributed by atoms with E-state index in [1.54, 1.807) is 7.11 Å². The minimum absolute atomic E-state index is 0.0840. The van der Waals surface area contributed by atoms with E-state index < -0.39 is 36.4 Å². The first kappa shape index (κ1) is 43.8. The molecule has 23 heteroatoms. The lowest BCUT2D eigenvalue weighted by Gasteiger charge is -2.50. The fourth-order valence-corrected chi connectivity index (χ4v) is 5.33. The number of alkyl halides is 9. The largest absolute Gasteiger partial charge is 0.497 e. The van der Waals surface area contributed by atoms with E-state index in [-0.39, 0.29) is 11.4 Å². The van der Waals surface area contributed by atoms with Crippen LogP contribution in [0.15, 0.2) is 42.9 Å². The molecule has 0 aliphatic carbocycles. The van der Waals surface area contributed by atoms with E-state index >= 15 is 0 Å². The maximum absolute atomic E-state index is 13.1. The van der Waals surface area contributed by atoms with Crippen molar-refractivity contribution in [2.45, 2.75) is 50.4 Å². The van der Waals surface area contributed by atoms with Crippen molar-refractivity contribution in [1.82, 2.24) is 29.1 Å². The molecule has 53 heavy (non-hydrogen) atoms. The van der Waals surface area contributed by atoms with Gasteiger partial charge in [0.2, 0.25) is 0 Å². The van der Waals surface area contributed by atoms with Crippen molar-refractivity contribution in [3.8, 4) is 17.0 Å². The first-order valence-corrected chi connectivity index (χ1v) is 15.0. The molecule has 3 aromatic rings. The quantitative estimate of drug-likeness (QED) is 0.314. The molecule has 294 valence electrons. The Morgan fingerprint density at radius 3 is 1.64 bits per heavy atom. The molecule has 2 aliphatic rings. The van der Waals surface area contributed by atoms with Gasteiger partial charge in [0.25, 0.3) is 5.91 Å². The predicted molar refractivity (Wildman–Crippen MR) is 163 cm³/mol. The third-order valence-corrected chi connectivity index (χ3v) is 7.80. The van der Waals surface area contributed by atoms with Crippen molar-refractivity contribution in [1.29, 1.82) is 0 Å². The lowest BCUT2D eigenvalue weighted by atomic mass is 9.83. The van der Waals surface area contributed by atoms with Gasteiger partial charge in [-0.3, -0.25) is 14.4 Å². The standard InChI is InChI=1S/C24H30N6O2.3C2HF3O2/c1-4-29-13-14-30-21(19-15-26-27(2)17-19)16-25-23(30)24(29)9-11-28(12-10-24)22(31)18-5-7-20(32-3)8-6-18;3*3-2(4,5)1(6)7/h5-8,15-17H,4,9-14H2,1-3H3;3*(H,6,7). The zero-order valence-electron chi connectivity index (χ0n) is 28.0. The van der Waals surface area contributed by atoms with E-state index in [0.29, 0.717) is 5.56 Å². The number of methoxy groups -OCH3 is 1. The van der Waals surface area contributed by atoms with Crippen LogP contribution >= 0.6 is 0 Å². The van der Waals surface area contributed by atoms with E-state index in [0.717, 1.165) is 68.4 Å². The normalized spacial score (nSPS) is 15.4. The average molecular weight is 777 g/mol. The number of rotatable bonds is 4. The number of carboxylic acid groups (broad SMARTS) is 3. The van der Waals surface area contributed by atoms with Crippen molar-refractivity contribution in [2.75, 3.05) is 33.3 Å². The summed E-state index contributed by atoms with van der Waals surface area (Å²) in [5.41, 5.74) is 2.79. The van der Waals surface area contributed by atoms with Crippen LogP contribution in [0.1, 0.15) is 35.9 Å². The number of ether oxygens (including phenoxy) is 1. The molecule has 2 aliphatic heterocycles. The Balaban J connectivity index is 0.000000379. The van der Waals surface area contributed by atoms with Crippen LogP contribution in [-0.4, -0.2) is 120 Å². The Morgan fingerprint density at radius 2 is 1.26 bits per heavy atom. The molecule has 0 atom stereocenters. The number of carboxylic acids is 3. The lowest BCUT2D eigenvalue weighted by Crippen LogP contribution is -2.58. The van der Waals surface area contributed by atoms with Crippen molar-refractivity contribution in [3.05, 3.63) is 54.2 Å². The molecule has 1 fully saturated rings. The first-order chi connectivity index (χ1) is 24.4. The summed E-state index contributed by atoms with van der Waals surface area (Å²) in [5, 5.41) is 25.7. The Bertz CT molecular complexity index is 1660. The molecular weight excluding hydrogens is 743 g/mol. The van der Waals surface area contributed by atoms with Gasteiger partial charge in [0, 0.05) is 50.6 Å². The van der Waals surface area contributed by atoms with Crippen LogP contribution in [-0.2, 0) is 33.5 Å². The number of likely N-dealkylation sites (tertiary alicyclic amines) is 1.